The van der Waals surface area contributed by atoms with Gasteiger partial charge in [0.2, 0.25) is 5.92 Å². The fraction of sp³-hybridized carbons (Fsp3) is 0.577. The molecule has 3 aliphatic rings. The second-order valence-corrected chi connectivity index (χ2v) is 11.6. The monoisotopic (exact) mass is 581 g/mol. The second kappa shape index (κ2) is 9.38. The molecule has 4 heterocycles. The van der Waals surface area contributed by atoms with Gasteiger partial charge in [0, 0.05) is 24.8 Å². The third-order valence-electron chi connectivity index (χ3n) is 8.52. The number of hydrogen-bond acceptors (Lipinski definition) is 6. The van der Waals surface area contributed by atoms with Crippen LogP contribution in [0.3, 0.4) is 0 Å². The molecule has 15 heteroatoms. The van der Waals surface area contributed by atoms with Gasteiger partial charge in [-0.2, -0.15) is 18.3 Å². The van der Waals surface area contributed by atoms with Crippen molar-refractivity contribution in [2.45, 2.75) is 81.5 Å². The number of primary amides is 1. The number of carbonyl (C=O) groups excluding carboxylic acids is 2. The number of carbonyl (C=O) groups is 2. The van der Waals surface area contributed by atoms with E-state index in [2.05, 4.69) is 15.2 Å². The Morgan fingerprint density at radius 3 is 2.56 bits per heavy atom. The van der Waals surface area contributed by atoms with Crippen molar-refractivity contribution in [3.8, 4) is 0 Å². The van der Waals surface area contributed by atoms with Crippen LogP contribution in [0.2, 0.25) is 0 Å². The third kappa shape index (κ3) is 5.10. The number of alkyl halides is 5. The third-order valence-corrected chi connectivity index (χ3v) is 8.52. The summed E-state index contributed by atoms with van der Waals surface area (Å²) in [5.74, 6) is -4.38. The summed E-state index contributed by atoms with van der Waals surface area (Å²) >= 11 is 0. The maximum atomic E-state index is 14.1. The molecule has 2 atom stereocenters. The summed E-state index contributed by atoms with van der Waals surface area (Å²) in [5.41, 5.74) is 7.23. The Kier molecular flexibility index (Phi) is 6.26. The summed E-state index contributed by atoms with van der Waals surface area (Å²) in [6.45, 7) is 1.29. The fourth-order valence-corrected chi connectivity index (χ4v) is 5.88. The van der Waals surface area contributed by atoms with Crippen LogP contribution >= 0.6 is 0 Å². The van der Waals surface area contributed by atoms with Crippen LogP contribution in [0.25, 0.3) is 5.65 Å². The minimum absolute atomic E-state index is 0.124. The van der Waals surface area contributed by atoms with Crippen LogP contribution in [0.15, 0.2) is 23.0 Å². The van der Waals surface area contributed by atoms with Crippen molar-refractivity contribution >= 4 is 17.6 Å². The van der Waals surface area contributed by atoms with Crippen molar-refractivity contribution in [1.29, 1.82) is 0 Å². The SMILES string of the molecule is CC1(c2noc([C@H](c3cn4ncc(CN5C[C@@H](C(F)(F)F)NC5=O)cc4n3)C3CCC(F)(F)CC3)c2C(N)=O)CC1. The molecule has 3 amide bonds. The van der Waals surface area contributed by atoms with Gasteiger partial charge in [-0.25, -0.2) is 23.1 Å². The van der Waals surface area contributed by atoms with E-state index in [1.54, 1.807) is 12.3 Å². The molecule has 2 saturated carbocycles. The van der Waals surface area contributed by atoms with Gasteiger partial charge >= 0.3 is 12.2 Å². The van der Waals surface area contributed by atoms with Crippen LogP contribution in [0.4, 0.5) is 26.7 Å². The predicted octanol–water partition coefficient (Wildman–Crippen LogP) is 4.28. The first kappa shape index (κ1) is 27.4. The molecular weight excluding hydrogens is 553 g/mol. The smallest absolute Gasteiger partial charge is 0.365 e. The average Bonchev–Trinajstić information content (AvgIpc) is 3.23. The zero-order valence-corrected chi connectivity index (χ0v) is 22.0. The lowest BCUT2D eigenvalue weighted by molar-refractivity contribution is -0.149. The largest absolute Gasteiger partial charge is 0.410 e. The number of fused-ring (bicyclic) bond motifs is 1. The van der Waals surface area contributed by atoms with Crippen molar-refractivity contribution < 1.29 is 36.1 Å². The van der Waals surface area contributed by atoms with Gasteiger partial charge in [-0.3, -0.25) is 4.79 Å². The average molecular weight is 582 g/mol. The minimum atomic E-state index is -4.57. The highest BCUT2D eigenvalue weighted by molar-refractivity contribution is 5.95. The van der Waals surface area contributed by atoms with E-state index in [1.165, 1.54) is 10.7 Å². The molecule has 0 radical (unpaired) electrons. The van der Waals surface area contributed by atoms with Gasteiger partial charge in [0.25, 0.3) is 5.91 Å². The Morgan fingerprint density at radius 2 is 1.95 bits per heavy atom. The molecule has 41 heavy (non-hydrogen) atoms. The quantitative estimate of drug-likeness (QED) is 0.401. The maximum absolute atomic E-state index is 14.1. The Morgan fingerprint density at radius 1 is 1.24 bits per heavy atom. The Labute approximate surface area is 230 Å². The maximum Gasteiger partial charge on any atom is 0.410 e. The molecule has 3 N–H and O–H groups in total. The molecule has 2 aliphatic carbocycles. The van der Waals surface area contributed by atoms with E-state index >= 15 is 0 Å². The number of nitrogens with zero attached hydrogens (tertiary/aromatic N) is 5. The molecule has 1 aliphatic heterocycles. The van der Waals surface area contributed by atoms with Crippen LogP contribution in [0.5, 0.6) is 0 Å². The van der Waals surface area contributed by atoms with E-state index in [0.29, 0.717) is 22.6 Å². The molecule has 10 nitrogen and oxygen atoms in total. The first-order valence-corrected chi connectivity index (χ1v) is 13.4. The highest BCUT2D eigenvalue weighted by atomic mass is 19.4. The van der Waals surface area contributed by atoms with Crippen LogP contribution in [0, 0.1) is 5.92 Å². The van der Waals surface area contributed by atoms with Gasteiger partial charge in [0.05, 0.1) is 30.6 Å². The first-order chi connectivity index (χ1) is 19.2. The van der Waals surface area contributed by atoms with Gasteiger partial charge in [-0.05, 0) is 43.2 Å². The molecular formula is C26H28F5N7O3. The van der Waals surface area contributed by atoms with Gasteiger partial charge in [-0.15, -0.1) is 0 Å². The number of nitrogens with two attached hydrogens (primary N) is 1. The summed E-state index contributed by atoms with van der Waals surface area (Å²) in [5, 5.41) is 10.4. The van der Waals surface area contributed by atoms with E-state index in [-0.39, 0.29) is 54.9 Å². The number of rotatable bonds is 7. The minimum Gasteiger partial charge on any atom is -0.365 e. The predicted molar refractivity (Wildman–Crippen MR) is 132 cm³/mol. The number of aromatic nitrogens is 4. The van der Waals surface area contributed by atoms with Crippen molar-refractivity contribution in [3.63, 3.8) is 0 Å². The molecule has 0 spiro atoms. The number of nitrogens with one attached hydrogen (secondary N) is 1. The molecule has 0 bridgehead atoms. The van der Waals surface area contributed by atoms with Crippen molar-refractivity contribution in [1.82, 2.24) is 30.0 Å². The molecule has 0 aromatic carbocycles. The lowest BCUT2D eigenvalue weighted by Crippen LogP contribution is -2.40. The van der Waals surface area contributed by atoms with Crippen molar-refractivity contribution in [3.05, 3.63) is 46.7 Å². The Bertz CT molecular complexity index is 1500. The van der Waals surface area contributed by atoms with Crippen LogP contribution in [0.1, 0.15) is 84.4 Å². The van der Waals surface area contributed by atoms with Crippen LogP contribution in [-0.2, 0) is 12.0 Å². The molecule has 0 unspecified atom stereocenters. The standard InChI is InChI=1S/C26H28F5N7O3/c1-24(6-7-24)21-19(22(32)39)20(41-36-21)18(14-2-4-25(27,28)5-3-14)15-11-38-17(34-15)8-13(9-33-38)10-37-12-16(26(29,30)31)35-23(37)40/h8-9,11,14,16,18H,2-7,10,12H2,1H3,(H2,32,39)(H,35,40)/t16-,18-/m0/s1. The molecule has 3 fully saturated rings. The molecule has 3 aromatic rings. The molecule has 220 valence electrons. The highest BCUT2D eigenvalue weighted by Gasteiger charge is 2.49. The molecule has 1 saturated heterocycles. The zero-order chi connectivity index (χ0) is 29.3. The number of imidazole rings is 1. The van der Waals surface area contributed by atoms with Gasteiger partial charge in [-0.1, -0.05) is 12.1 Å². The van der Waals surface area contributed by atoms with Gasteiger partial charge < -0.3 is 20.5 Å². The lowest BCUT2D eigenvalue weighted by atomic mass is 9.75. The molecule has 3 aromatic heterocycles. The van der Waals surface area contributed by atoms with Crippen LogP contribution < -0.4 is 11.1 Å². The second-order valence-electron chi connectivity index (χ2n) is 11.6. The van der Waals surface area contributed by atoms with Crippen molar-refractivity contribution in [2.24, 2.45) is 11.7 Å². The molecule has 6 rings (SSSR count). The highest BCUT2D eigenvalue weighted by Crippen LogP contribution is 2.51. The summed E-state index contributed by atoms with van der Waals surface area (Å²) < 4.78 is 74.6. The van der Waals surface area contributed by atoms with E-state index < -0.39 is 42.5 Å². The summed E-state index contributed by atoms with van der Waals surface area (Å²) in [7, 11) is 0. The fourth-order valence-electron chi connectivity index (χ4n) is 5.88. The zero-order valence-electron chi connectivity index (χ0n) is 22.0. The number of amides is 3. The number of halogens is 5. The number of hydrogen-bond donors (Lipinski definition) is 2. The summed E-state index contributed by atoms with van der Waals surface area (Å²) in [6.07, 6.45) is -0.289. The number of urea groups is 1. The summed E-state index contributed by atoms with van der Waals surface area (Å²) in [4.78, 5) is 30.5. The van der Waals surface area contributed by atoms with Crippen LogP contribution in [-0.4, -0.2) is 61.3 Å². The first-order valence-electron chi connectivity index (χ1n) is 13.4. The summed E-state index contributed by atoms with van der Waals surface area (Å²) in [6, 6.07) is -1.21. The topological polar surface area (TPSA) is 132 Å². The van der Waals surface area contributed by atoms with E-state index in [4.69, 9.17) is 10.3 Å². The van der Waals surface area contributed by atoms with Crippen molar-refractivity contribution in [2.75, 3.05) is 6.54 Å². The Balaban J connectivity index is 1.34. The van der Waals surface area contributed by atoms with E-state index in [9.17, 15) is 31.5 Å². The van der Waals surface area contributed by atoms with E-state index in [0.717, 1.165) is 17.7 Å². The van der Waals surface area contributed by atoms with Gasteiger partial charge in [0.15, 0.2) is 11.4 Å². The lowest BCUT2D eigenvalue weighted by Gasteiger charge is -2.32. The Hall–Kier alpha value is -3.78. The normalized spacial score (nSPS) is 23.1. The van der Waals surface area contributed by atoms with Gasteiger partial charge in [0.1, 0.15) is 17.3 Å². The van der Waals surface area contributed by atoms with E-state index in [1.807, 2.05) is 12.2 Å².